The van der Waals surface area contributed by atoms with Crippen LogP contribution < -0.4 is 15.6 Å². The van der Waals surface area contributed by atoms with E-state index >= 15 is 0 Å². The molecule has 0 unspecified atom stereocenters. The molecule has 3 rings (SSSR count). The highest BCUT2D eigenvalue weighted by Gasteiger charge is 2.04. The Morgan fingerprint density at radius 3 is 2.95 bits per heavy atom. The lowest BCUT2D eigenvalue weighted by Crippen LogP contribution is -2.23. The van der Waals surface area contributed by atoms with Crippen LogP contribution in [0.2, 0.25) is 0 Å². The van der Waals surface area contributed by atoms with E-state index in [0.717, 1.165) is 11.3 Å². The van der Waals surface area contributed by atoms with Gasteiger partial charge in [0, 0.05) is 6.54 Å². The molecular weight excluding hydrogens is 286 g/mol. The molecule has 0 spiro atoms. The number of nitrogens with one attached hydrogen (secondary N) is 2. The number of rotatable bonds is 6. The Labute approximate surface area is 125 Å². The first-order valence-electron chi connectivity index (χ1n) is 6.68. The maximum absolute atomic E-state index is 11.8. The molecule has 0 aliphatic carbocycles. The summed E-state index contributed by atoms with van der Waals surface area (Å²) in [5.41, 5.74) is 0.674. The van der Waals surface area contributed by atoms with Crippen molar-refractivity contribution in [2.45, 2.75) is 6.54 Å². The van der Waals surface area contributed by atoms with E-state index in [-0.39, 0.29) is 5.56 Å². The van der Waals surface area contributed by atoms with Crippen molar-refractivity contribution in [2.24, 2.45) is 0 Å². The summed E-state index contributed by atoms with van der Waals surface area (Å²) in [6.45, 7) is 1.76. The van der Waals surface area contributed by atoms with Crippen molar-refractivity contribution in [3.05, 3.63) is 58.0 Å². The first kappa shape index (κ1) is 13.8. The van der Waals surface area contributed by atoms with Crippen molar-refractivity contribution < 1.29 is 4.74 Å². The van der Waals surface area contributed by atoms with Crippen LogP contribution in [0.1, 0.15) is 5.82 Å². The normalized spacial score (nSPS) is 10.9. The number of thiophene rings is 1. The van der Waals surface area contributed by atoms with E-state index in [1.54, 1.807) is 0 Å². The van der Waals surface area contributed by atoms with Gasteiger partial charge < -0.3 is 15.0 Å². The van der Waals surface area contributed by atoms with E-state index in [1.807, 2.05) is 41.8 Å². The molecule has 0 amide bonds. The summed E-state index contributed by atoms with van der Waals surface area (Å²) in [5.74, 6) is 1.50. The van der Waals surface area contributed by atoms with Crippen molar-refractivity contribution >= 4 is 21.6 Å². The van der Waals surface area contributed by atoms with Crippen molar-refractivity contribution in [1.82, 2.24) is 15.3 Å². The number of aromatic nitrogens is 2. The molecule has 0 bridgehead atoms. The summed E-state index contributed by atoms with van der Waals surface area (Å²) in [6, 6.07) is 11.5. The molecule has 3 aromatic rings. The fourth-order valence-electron chi connectivity index (χ4n) is 1.97. The van der Waals surface area contributed by atoms with Crippen LogP contribution in [-0.4, -0.2) is 23.1 Å². The first-order valence-corrected chi connectivity index (χ1v) is 7.56. The van der Waals surface area contributed by atoms with Crippen LogP contribution in [0.3, 0.4) is 0 Å². The molecule has 108 valence electrons. The van der Waals surface area contributed by atoms with Gasteiger partial charge in [-0.25, -0.2) is 4.98 Å². The third-order valence-corrected chi connectivity index (χ3v) is 3.85. The fourth-order valence-corrected chi connectivity index (χ4v) is 2.70. The zero-order valence-corrected chi connectivity index (χ0v) is 12.2. The number of ether oxygens (including phenoxy) is 1. The standard InChI is InChI=1S/C15H15N3O2S/c19-15-14-12(6-9-21-14)17-13(18-15)10-16-7-8-20-11-4-2-1-3-5-11/h1-6,9,16H,7-8,10H2,(H,17,18,19). The fraction of sp³-hybridized carbons (Fsp3) is 0.200. The largest absolute Gasteiger partial charge is 0.492 e. The van der Waals surface area contributed by atoms with Gasteiger partial charge in [-0.15, -0.1) is 11.3 Å². The van der Waals surface area contributed by atoms with Gasteiger partial charge in [-0.05, 0) is 23.6 Å². The Hall–Kier alpha value is -2.18. The van der Waals surface area contributed by atoms with Crippen molar-refractivity contribution in [1.29, 1.82) is 0 Å². The van der Waals surface area contributed by atoms with Gasteiger partial charge >= 0.3 is 0 Å². The Morgan fingerprint density at radius 2 is 2.10 bits per heavy atom. The van der Waals surface area contributed by atoms with Gasteiger partial charge in [-0.3, -0.25) is 4.79 Å². The molecule has 2 heterocycles. The van der Waals surface area contributed by atoms with E-state index in [9.17, 15) is 4.79 Å². The Morgan fingerprint density at radius 1 is 1.24 bits per heavy atom. The highest BCUT2D eigenvalue weighted by molar-refractivity contribution is 7.17. The average Bonchev–Trinajstić information content (AvgIpc) is 2.97. The quantitative estimate of drug-likeness (QED) is 0.685. The summed E-state index contributed by atoms with van der Waals surface area (Å²) >= 11 is 1.41. The molecule has 2 aromatic heterocycles. The molecule has 6 heteroatoms. The number of hydrogen-bond acceptors (Lipinski definition) is 5. The predicted octanol–water partition coefficient (Wildman–Crippen LogP) is 2.15. The lowest BCUT2D eigenvalue weighted by Gasteiger charge is -2.07. The van der Waals surface area contributed by atoms with Gasteiger partial charge in [0.05, 0.1) is 12.1 Å². The van der Waals surface area contributed by atoms with E-state index in [0.29, 0.717) is 30.2 Å². The molecule has 0 aliphatic heterocycles. The van der Waals surface area contributed by atoms with E-state index in [4.69, 9.17) is 4.74 Å². The van der Waals surface area contributed by atoms with Crippen LogP contribution >= 0.6 is 11.3 Å². The van der Waals surface area contributed by atoms with E-state index < -0.39 is 0 Å². The second-order valence-corrected chi connectivity index (χ2v) is 5.40. The number of para-hydroxylation sites is 1. The molecule has 5 nitrogen and oxygen atoms in total. The highest BCUT2D eigenvalue weighted by Crippen LogP contribution is 2.13. The molecule has 0 aliphatic rings. The molecule has 21 heavy (non-hydrogen) atoms. The monoisotopic (exact) mass is 301 g/mol. The molecule has 0 fully saturated rings. The smallest absolute Gasteiger partial charge is 0.268 e. The van der Waals surface area contributed by atoms with Gasteiger partial charge in [0.25, 0.3) is 5.56 Å². The van der Waals surface area contributed by atoms with Gasteiger partial charge in [0.15, 0.2) is 0 Å². The van der Waals surface area contributed by atoms with Gasteiger partial charge in [0.1, 0.15) is 22.9 Å². The Balaban J connectivity index is 1.49. The third kappa shape index (κ3) is 3.48. The first-order chi connectivity index (χ1) is 10.3. The van der Waals surface area contributed by atoms with Crippen LogP contribution in [0, 0.1) is 0 Å². The van der Waals surface area contributed by atoms with Crippen LogP contribution in [0.5, 0.6) is 5.75 Å². The SMILES string of the molecule is O=c1[nH]c(CNCCOc2ccccc2)nc2ccsc12. The van der Waals surface area contributed by atoms with Crippen LogP contribution in [0.15, 0.2) is 46.6 Å². The molecule has 0 atom stereocenters. The number of fused-ring (bicyclic) bond motifs is 1. The van der Waals surface area contributed by atoms with Gasteiger partial charge in [-0.1, -0.05) is 18.2 Å². The predicted molar refractivity (Wildman–Crippen MR) is 83.9 cm³/mol. The zero-order chi connectivity index (χ0) is 14.5. The summed E-state index contributed by atoms with van der Waals surface area (Å²) in [4.78, 5) is 19.0. The summed E-state index contributed by atoms with van der Waals surface area (Å²) in [7, 11) is 0. The van der Waals surface area contributed by atoms with Crippen molar-refractivity contribution in [3.8, 4) is 5.75 Å². The zero-order valence-electron chi connectivity index (χ0n) is 11.3. The second kappa shape index (κ2) is 6.51. The molecule has 0 radical (unpaired) electrons. The van der Waals surface area contributed by atoms with E-state index in [1.165, 1.54) is 11.3 Å². The minimum absolute atomic E-state index is 0.0765. The Kier molecular flexibility index (Phi) is 4.28. The average molecular weight is 301 g/mol. The molecule has 2 N–H and O–H groups in total. The lowest BCUT2D eigenvalue weighted by molar-refractivity contribution is 0.313. The highest BCUT2D eigenvalue weighted by atomic mass is 32.1. The summed E-state index contributed by atoms with van der Waals surface area (Å²) in [5, 5.41) is 5.07. The maximum Gasteiger partial charge on any atom is 0.268 e. The number of aromatic amines is 1. The summed E-state index contributed by atoms with van der Waals surface area (Å²) < 4.78 is 6.24. The maximum atomic E-state index is 11.8. The number of nitrogens with zero attached hydrogens (tertiary/aromatic N) is 1. The lowest BCUT2D eigenvalue weighted by atomic mass is 10.3. The minimum Gasteiger partial charge on any atom is -0.492 e. The third-order valence-electron chi connectivity index (χ3n) is 2.95. The van der Waals surface area contributed by atoms with Crippen molar-refractivity contribution in [2.75, 3.05) is 13.2 Å². The van der Waals surface area contributed by atoms with Crippen LogP contribution in [0.25, 0.3) is 10.2 Å². The van der Waals surface area contributed by atoms with Crippen LogP contribution in [0.4, 0.5) is 0 Å². The van der Waals surface area contributed by atoms with Crippen LogP contribution in [-0.2, 0) is 6.54 Å². The number of hydrogen-bond donors (Lipinski definition) is 2. The molecular formula is C15H15N3O2S. The van der Waals surface area contributed by atoms with E-state index in [2.05, 4.69) is 15.3 Å². The topological polar surface area (TPSA) is 67.0 Å². The second-order valence-electron chi connectivity index (χ2n) is 4.49. The number of benzene rings is 1. The molecule has 0 saturated carbocycles. The van der Waals surface area contributed by atoms with Crippen molar-refractivity contribution in [3.63, 3.8) is 0 Å². The molecule has 0 saturated heterocycles. The summed E-state index contributed by atoms with van der Waals surface area (Å²) in [6.07, 6.45) is 0. The minimum atomic E-state index is -0.0765. The Bertz CT molecular complexity index is 767. The number of H-pyrrole nitrogens is 1. The van der Waals surface area contributed by atoms with Gasteiger partial charge in [-0.2, -0.15) is 0 Å². The van der Waals surface area contributed by atoms with Gasteiger partial charge in [0.2, 0.25) is 0 Å². The molecule has 1 aromatic carbocycles.